The molecule has 2 rings (SSSR count). The molecule has 0 bridgehead atoms. The van der Waals surface area contributed by atoms with E-state index in [-0.39, 0.29) is 12.3 Å². The van der Waals surface area contributed by atoms with Gasteiger partial charge in [-0.3, -0.25) is 4.79 Å². The van der Waals surface area contributed by atoms with E-state index in [1.807, 2.05) is 0 Å². The quantitative estimate of drug-likeness (QED) is 0.748. The maximum Gasteiger partial charge on any atom is 0.230 e. The highest BCUT2D eigenvalue weighted by Gasteiger charge is 2.14. The highest BCUT2D eigenvalue weighted by Crippen LogP contribution is 2.33. The van der Waals surface area contributed by atoms with E-state index in [1.54, 1.807) is 26.4 Å². The average Bonchev–Trinajstić information content (AvgIpc) is 2.94. The van der Waals surface area contributed by atoms with Gasteiger partial charge in [-0.15, -0.1) is 10.2 Å². The van der Waals surface area contributed by atoms with Crippen molar-refractivity contribution in [2.24, 2.45) is 5.92 Å². The number of nitrogens with zero attached hydrogens (tertiary/aromatic N) is 2. The van der Waals surface area contributed by atoms with Crippen molar-refractivity contribution in [1.82, 2.24) is 10.2 Å². The highest BCUT2D eigenvalue weighted by atomic mass is 79.9. The number of benzene rings is 1. The lowest BCUT2D eigenvalue weighted by Crippen LogP contribution is -2.14. The minimum absolute atomic E-state index is 0.157. The first-order chi connectivity index (χ1) is 11.4. The number of hydrogen-bond donors (Lipinski definition) is 1. The summed E-state index contributed by atoms with van der Waals surface area (Å²) in [5, 5.41) is 12.3. The summed E-state index contributed by atoms with van der Waals surface area (Å²) in [7, 11) is 3.13. The van der Waals surface area contributed by atoms with Gasteiger partial charge in [-0.2, -0.15) is 0 Å². The first kappa shape index (κ1) is 18.7. The average molecular weight is 414 g/mol. The van der Waals surface area contributed by atoms with Gasteiger partial charge < -0.3 is 14.8 Å². The third kappa shape index (κ3) is 4.91. The van der Waals surface area contributed by atoms with Crippen LogP contribution in [0.5, 0.6) is 11.5 Å². The van der Waals surface area contributed by atoms with Crippen LogP contribution in [0.15, 0.2) is 16.6 Å². The molecule has 6 nitrogen and oxygen atoms in total. The molecular weight excluding hydrogens is 394 g/mol. The topological polar surface area (TPSA) is 73.3 Å². The predicted molar refractivity (Wildman–Crippen MR) is 98.0 cm³/mol. The van der Waals surface area contributed by atoms with Gasteiger partial charge in [0, 0.05) is 10.9 Å². The second-order valence-electron chi connectivity index (χ2n) is 5.62. The molecule has 0 aliphatic carbocycles. The molecule has 2 aromatic rings. The molecule has 24 heavy (non-hydrogen) atoms. The lowest BCUT2D eigenvalue weighted by molar-refractivity contribution is -0.115. The molecule has 0 fully saturated rings. The van der Waals surface area contributed by atoms with E-state index in [2.05, 4.69) is 45.3 Å². The Labute approximate surface area is 153 Å². The third-order valence-corrected chi connectivity index (χ3v) is 4.80. The summed E-state index contributed by atoms with van der Waals surface area (Å²) in [5.41, 5.74) is 0.803. The minimum atomic E-state index is -0.157. The van der Waals surface area contributed by atoms with Crippen LogP contribution in [-0.2, 0) is 17.6 Å². The molecule has 1 heterocycles. The van der Waals surface area contributed by atoms with Crippen LogP contribution in [-0.4, -0.2) is 30.3 Å². The molecule has 1 amide bonds. The molecule has 0 saturated heterocycles. The number of aromatic nitrogens is 2. The number of amides is 1. The fourth-order valence-corrected chi connectivity index (χ4v) is 3.53. The number of halogens is 1. The summed E-state index contributed by atoms with van der Waals surface area (Å²) in [6.07, 6.45) is 1.05. The number of carbonyl (C=O) groups excluding carboxylic acids is 1. The fraction of sp³-hybridized carbons (Fsp3) is 0.438. The molecule has 0 spiro atoms. The Kier molecular flexibility index (Phi) is 6.56. The second kappa shape index (κ2) is 8.43. The largest absolute Gasteiger partial charge is 0.493 e. The normalized spacial score (nSPS) is 10.8. The van der Waals surface area contributed by atoms with Crippen LogP contribution in [0.4, 0.5) is 5.13 Å². The molecule has 0 aliphatic heterocycles. The zero-order valence-corrected chi connectivity index (χ0v) is 16.5. The second-order valence-corrected chi connectivity index (χ2v) is 7.54. The molecular formula is C16H20BrN3O3S. The van der Waals surface area contributed by atoms with Crippen molar-refractivity contribution >= 4 is 38.3 Å². The SMILES string of the molecule is COc1cc(Br)c(CC(=O)Nc2nnc(CC(C)C)s2)cc1OC. The Morgan fingerprint density at radius 2 is 1.92 bits per heavy atom. The number of carbonyl (C=O) groups is 1. The molecule has 0 unspecified atom stereocenters. The number of rotatable bonds is 7. The maximum atomic E-state index is 12.3. The lowest BCUT2D eigenvalue weighted by Gasteiger charge is -2.11. The van der Waals surface area contributed by atoms with E-state index in [1.165, 1.54) is 11.3 Å². The summed E-state index contributed by atoms with van der Waals surface area (Å²) in [4.78, 5) is 12.3. The van der Waals surface area contributed by atoms with Crippen molar-refractivity contribution in [1.29, 1.82) is 0 Å². The fourth-order valence-electron chi connectivity index (χ4n) is 2.10. The molecule has 0 atom stereocenters. The standard InChI is InChI=1S/C16H20BrN3O3S/c1-9(2)5-15-19-20-16(24-15)18-14(21)7-10-6-12(22-3)13(23-4)8-11(10)17/h6,8-9H,5,7H2,1-4H3,(H,18,20,21). The zero-order chi connectivity index (χ0) is 17.7. The van der Waals surface area contributed by atoms with Gasteiger partial charge in [0.25, 0.3) is 0 Å². The Balaban J connectivity index is 2.05. The van der Waals surface area contributed by atoms with E-state index >= 15 is 0 Å². The molecule has 0 saturated carbocycles. The number of hydrogen-bond acceptors (Lipinski definition) is 6. The predicted octanol–water partition coefficient (Wildman–Crippen LogP) is 3.70. The molecule has 130 valence electrons. The number of ether oxygens (including phenoxy) is 2. The van der Waals surface area contributed by atoms with Crippen LogP contribution in [0.1, 0.15) is 24.4 Å². The van der Waals surface area contributed by atoms with E-state index < -0.39 is 0 Å². The van der Waals surface area contributed by atoms with Crippen molar-refractivity contribution in [2.45, 2.75) is 26.7 Å². The minimum Gasteiger partial charge on any atom is -0.493 e. The van der Waals surface area contributed by atoms with Crippen molar-refractivity contribution in [2.75, 3.05) is 19.5 Å². The number of nitrogens with one attached hydrogen (secondary N) is 1. The van der Waals surface area contributed by atoms with Crippen molar-refractivity contribution < 1.29 is 14.3 Å². The van der Waals surface area contributed by atoms with Gasteiger partial charge in [-0.1, -0.05) is 41.1 Å². The van der Waals surface area contributed by atoms with Crippen LogP contribution >= 0.6 is 27.3 Å². The number of methoxy groups -OCH3 is 2. The smallest absolute Gasteiger partial charge is 0.230 e. The molecule has 1 N–H and O–H groups in total. The van der Waals surface area contributed by atoms with Gasteiger partial charge in [0.15, 0.2) is 11.5 Å². The lowest BCUT2D eigenvalue weighted by atomic mass is 10.1. The zero-order valence-electron chi connectivity index (χ0n) is 14.1. The van der Waals surface area contributed by atoms with Gasteiger partial charge in [0.2, 0.25) is 11.0 Å². The van der Waals surface area contributed by atoms with Crippen LogP contribution in [0.3, 0.4) is 0 Å². The number of anilines is 1. The van der Waals surface area contributed by atoms with Gasteiger partial charge in [0.1, 0.15) is 5.01 Å². The monoisotopic (exact) mass is 413 g/mol. The van der Waals surface area contributed by atoms with Gasteiger partial charge in [0.05, 0.1) is 20.6 Å². The van der Waals surface area contributed by atoms with Gasteiger partial charge >= 0.3 is 0 Å². The van der Waals surface area contributed by atoms with Crippen LogP contribution in [0, 0.1) is 5.92 Å². The maximum absolute atomic E-state index is 12.3. The summed E-state index contributed by atoms with van der Waals surface area (Å²) < 4.78 is 11.3. The Bertz CT molecular complexity index is 719. The molecule has 1 aromatic heterocycles. The first-order valence-corrected chi connectivity index (χ1v) is 9.06. The van der Waals surface area contributed by atoms with E-state index in [4.69, 9.17) is 9.47 Å². The van der Waals surface area contributed by atoms with E-state index in [9.17, 15) is 4.79 Å². The molecule has 8 heteroatoms. The summed E-state index contributed by atoms with van der Waals surface area (Å²) in [6.45, 7) is 4.24. The first-order valence-electron chi connectivity index (χ1n) is 7.45. The molecule has 0 radical (unpaired) electrons. The van der Waals surface area contributed by atoms with Crippen LogP contribution < -0.4 is 14.8 Å². The van der Waals surface area contributed by atoms with Crippen LogP contribution in [0.25, 0.3) is 0 Å². The Hall–Kier alpha value is -1.67. The Morgan fingerprint density at radius 1 is 1.25 bits per heavy atom. The Morgan fingerprint density at radius 3 is 2.54 bits per heavy atom. The van der Waals surface area contributed by atoms with Crippen molar-refractivity contribution in [3.63, 3.8) is 0 Å². The summed E-state index contributed by atoms with van der Waals surface area (Å²) in [5.74, 6) is 1.54. The van der Waals surface area contributed by atoms with Gasteiger partial charge in [-0.05, 0) is 23.6 Å². The highest BCUT2D eigenvalue weighted by molar-refractivity contribution is 9.10. The molecule has 1 aromatic carbocycles. The van der Waals surface area contributed by atoms with Gasteiger partial charge in [-0.25, -0.2) is 0 Å². The van der Waals surface area contributed by atoms with Crippen LogP contribution in [0.2, 0.25) is 0 Å². The summed E-state index contributed by atoms with van der Waals surface area (Å²) in [6, 6.07) is 3.57. The third-order valence-electron chi connectivity index (χ3n) is 3.20. The molecule has 0 aliphatic rings. The van der Waals surface area contributed by atoms with E-state index in [0.29, 0.717) is 22.5 Å². The van der Waals surface area contributed by atoms with E-state index in [0.717, 1.165) is 21.5 Å². The summed E-state index contributed by atoms with van der Waals surface area (Å²) >= 11 is 4.86. The van der Waals surface area contributed by atoms with Crippen molar-refractivity contribution in [3.05, 3.63) is 27.2 Å². The van der Waals surface area contributed by atoms with Crippen molar-refractivity contribution in [3.8, 4) is 11.5 Å².